The van der Waals surface area contributed by atoms with E-state index in [1.165, 1.54) is 24.4 Å². The lowest BCUT2D eigenvalue weighted by molar-refractivity contribution is -0.214. The van der Waals surface area contributed by atoms with E-state index in [-0.39, 0.29) is 24.3 Å². The molecule has 1 aromatic heterocycles. The standard InChI is InChI=1S/C17H13F3N2O2/c18-17(19,20)15-13(8-11-4-1-2-6-14(11)24-15)10-22-7-3-5-12(9-21)16(22)23/h1-7,13,15H,8,10H2/t13-,15+/m0/s1. The number of aromatic nitrogens is 1. The van der Waals surface area contributed by atoms with Crippen LogP contribution in [0.25, 0.3) is 0 Å². The van der Waals surface area contributed by atoms with Gasteiger partial charge in [0.05, 0.1) is 0 Å². The molecule has 0 fully saturated rings. The van der Waals surface area contributed by atoms with E-state index < -0.39 is 23.8 Å². The Morgan fingerprint density at radius 1 is 1.25 bits per heavy atom. The predicted molar refractivity (Wildman–Crippen MR) is 79.5 cm³/mol. The van der Waals surface area contributed by atoms with Gasteiger partial charge in [-0.1, -0.05) is 18.2 Å². The van der Waals surface area contributed by atoms with Crippen molar-refractivity contribution in [3.63, 3.8) is 0 Å². The number of nitrogens with zero attached hydrogens (tertiary/aromatic N) is 2. The summed E-state index contributed by atoms with van der Waals surface area (Å²) in [7, 11) is 0. The number of benzene rings is 1. The van der Waals surface area contributed by atoms with Gasteiger partial charge in [-0.15, -0.1) is 0 Å². The number of rotatable bonds is 2. The summed E-state index contributed by atoms with van der Waals surface area (Å²) in [5.41, 5.74) is -0.0227. The molecule has 1 aromatic carbocycles. The molecule has 0 unspecified atom stereocenters. The van der Waals surface area contributed by atoms with E-state index in [4.69, 9.17) is 10.00 Å². The third kappa shape index (κ3) is 3.00. The van der Waals surface area contributed by atoms with Gasteiger partial charge < -0.3 is 9.30 Å². The summed E-state index contributed by atoms with van der Waals surface area (Å²) in [6, 6.07) is 11.1. The molecule has 0 radical (unpaired) electrons. The SMILES string of the molecule is N#Cc1cccn(C[C@@H]2Cc3ccccc3O[C@H]2C(F)(F)F)c1=O. The molecule has 7 heteroatoms. The van der Waals surface area contributed by atoms with Crippen LogP contribution in [0.1, 0.15) is 11.1 Å². The van der Waals surface area contributed by atoms with Crippen LogP contribution in [-0.2, 0) is 13.0 Å². The van der Waals surface area contributed by atoms with Crippen molar-refractivity contribution < 1.29 is 17.9 Å². The molecule has 1 aliphatic heterocycles. The summed E-state index contributed by atoms with van der Waals surface area (Å²) in [6.07, 6.45) is -5.01. The molecule has 2 heterocycles. The van der Waals surface area contributed by atoms with Gasteiger partial charge in [0, 0.05) is 18.7 Å². The number of halogens is 3. The van der Waals surface area contributed by atoms with Crippen LogP contribution in [0.2, 0.25) is 0 Å². The highest BCUT2D eigenvalue weighted by atomic mass is 19.4. The van der Waals surface area contributed by atoms with Crippen molar-refractivity contribution in [3.05, 3.63) is 64.1 Å². The minimum absolute atomic E-state index is 0.0989. The van der Waals surface area contributed by atoms with Gasteiger partial charge >= 0.3 is 6.18 Å². The third-order valence-corrected chi connectivity index (χ3v) is 4.03. The first-order chi connectivity index (χ1) is 11.4. The highest BCUT2D eigenvalue weighted by Crippen LogP contribution is 2.38. The molecule has 3 rings (SSSR count). The maximum absolute atomic E-state index is 13.4. The first kappa shape index (κ1) is 16.1. The molecule has 0 spiro atoms. The van der Waals surface area contributed by atoms with E-state index in [0.29, 0.717) is 5.56 Å². The van der Waals surface area contributed by atoms with Crippen molar-refractivity contribution in [2.75, 3.05) is 0 Å². The van der Waals surface area contributed by atoms with Crippen LogP contribution in [0.4, 0.5) is 13.2 Å². The maximum atomic E-state index is 13.4. The smallest absolute Gasteiger partial charge is 0.425 e. The van der Waals surface area contributed by atoms with Gasteiger partial charge in [-0.25, -0.2) is 0 Å². The quantitative estimate of drug-likeness (QED) is 0.848. The average Bonchev–Trinajstić information content (AvgIpc) is 2.55. The highest BCUT2D eigenvalue weighted by molar-refractivity contribution is 5.36. The van der Waals surface area contributed by atoms with Crippen LogP contribution in [0.3, 0.4) is 0 Å². The molecule has 0 amide bonds. The second kappa shape index (κ2) is 6.04. The van der Waals surface area contributed by atoms with E-state index in [1.54, 1.807) is 24.3 Å². The van der Waals surface area contributed by atoms with E-state index in [9.17, 15) is 18.0 Å². The summed E-state index contributed by atoms with van der Waals surface area (Å²) < 4.78 is 46.4. The van der Waals surface area contributed by atoms with Crippen molar-refractivity contribution in [2.24, 2.45) is 5.92 Å². The topological polar surface area (TPSA) is 55.0 Å². The van der Waals surface area contributed by atoms with Crippen molar-refractivity contribution in [3.8, 4) is 11.8 Å². The van der Waals surface area contributed by atoms with E-state index >= 15 is 0 Å². The van der Waals surface area contributed by atoms with Crippen LogP contribution in [-0.4, -0.2) is 16.8 Å². The number of hydrogen-bond donors (Lipinski definition) is 0. The zero-order valence-electron chi connectivity index (χ0n) is 12.5. The zero-order valence-corrected chi connectivity index (χ0v) is 12.5. The Balaban J connectivity index is 1.96. The molecule has 24 heavy (non-hydrogen) atoms. The Morgan fingerprint density at radius 3 is 2.71 bits per heavy atom. The Kier molecular flexibility index (Phi) is 4.06. The van der Waals surface area contributed by atoms with Crippen LogP contribution in [0, 0.1) is 17.2 Å². The molecule has 0 saturated heterocycles. The van der Waals surface area contributed by atoms with Gasteiger partial charge in [-0.05, 0) is 30.2 Å². The highest BCUT2D eigenvalue weighted by Gasteiger charge is 2.49. The number of alkyl halides is 3. The number of nitriles is 1. The van der Waals surface area contributed by atoms with Gasteiger partial charge in [-0.3, -0.25) is 4.79 Å². The minimum atomic E-state index is -4.55. The number of ether oxygens (including phenoxy) is 1. The molecule has 2 atom stereocenters. The average molecular weight is 334 g/mol. The molecular weight excluding hydrogens is 321 g/mol. The van der Waals surface area contributed by atoms with E-state index in [0.717, 1.165) is 4.57 Å². The monoisotopic (exact) mass is 334 g/mol. The summed E-state index contributed by atoms with van der Waals surface area (Å²) in [4.78, 5) is 12.1. The third-order valence-electron chi connectivity index (χ3n) is 4.03. The molecule has 0 aliphatic carbocycles. The number of fused-ring (bicyclic) bond motifs is 1. The van der Waals surface area contributed by atoms with Crippen molar-refractivity contribution in [1.29, 1.82) is 5.26 Å². The number of hydrogen-bond acceptors (Lipinski definition) is 3. The molecule has 0 bridgehead atoms. The normalized spacial score (nSPS) is 19.9. The fraction of sp³-hybridized carbons (Fsp3) is 0.294. The number of pyridine rings is 1. The Morgan fingerprint density at radius 2 is 2.00 bits per heavy atom. The van der Waals surface area contributed by atoms with Crippen LogP contribution < -0.4 is 10.3 Å². The summed E-state index contributed by atoms with van der Waals surface area (Å²) in [5, 5.41) is 8.89. The maximum Gasteiger partial charge on any atom is 0.425 e. The van der Waals surface area contributed by atoms with E-state index in [2.05, 4.69) is 0 Å². The van der Waals surface area contributed by atoms with Gasteiger partial charge in [-0.2, -0.15) is 18.4 Å². The minimum Gasteiger partial charge on any atom is -0.480 e. The molecule has 1 aliphatic rings. The van der Waals surface area contributed by atoms with Crippen LogP contribution >= 0.6 is 0 Å². The van der Waals surface area contributed by atoms with E-state index in [1.807, 2.05) is 0 Å². The lowest BCUT2D eigenvalue weighted by Crippen LogP contribution is -2.47. The second-order valence-electron chi connectivity index (χ2n) is 5.64. The van der Waals surface area contributed by atoms with Gasteiger partial charge in [0.1, 0.15) is 17.4 Å². The van der Waals surface area contributed by atoms with Crippen molar-refractivity contribution in [1.82, 2.24) is 4.57 Å². The predicted octanol–water partition coefficient (Wildman–Crippen LogP) is 2.90. The van der Waals surface area contributed by atoms with Gasteiger partial charge in [0.25, 0.3) is 5.56 Å². The lowest BCUT2D eigenvalue weighted by atomic mass is 9.90. The molecule has 4 nitrogen and oxygen atoms in total. The first-order valence-corrected chi connectivity index (χ1v) is 7.31. The zero-order chi connectivity index (χ0) is 17.3. The second-order valence-corrected chi connectivity index (χ2v) is 5.64. The van der Waals surface area contributed by atoms with Gasteiger partial charge in [0.15, 0.2) is 6.10 Å². The molecule has 0 saturated carbocycles. The van der Waals surface area contributed by atoms with Crippen LogP contribution in [0.15, 0.2) is 47.4 Å². The molecule has 0 N–H and O–H groups in total. The number of para-hydroxylation sites is 1. The molecular formula is C17H13F3N2O2. The fourth-order valence-electron chi connectivity index (χ4n) is 2.92. The summed E-state index contributed by atoms with van der Waals surface area (Å²) >= 11 is 0. The summed E-state index contributed by atoms with van der Waals surface area (Å²) in [5.74, 6) is -0.735. The Bertz CT molecular complexity index is 852. The first-order valence-electron chi connectivity index (χ1n) is 7.31. The van der Waals surface area contributed by atoms with Crippen molar-refractivity contribution >= 4 is 0 Å². The largest absolute Gasteiger partial charge is 0.480 e. The molecule has 124 valence electrons. The Hall–Kier alpha value is -2.75. The molecule has 2 aromatic rings. The Labute approximate surface area is 135 Å². The summed E-state index contributed by atoms with van der Waals surface area (Å²) in [6.45, 7) is -0.174. The fourth-order valence-corrected chi connectivity index (χ4v) is 2.92. The lowest BCUT2D eigenvalue weighted by Gasteiger charge is -2.35. The van der Waals surface area contributed by atoms with Crippen LogP contribution in [0.5, 0.6) is 5.75 Å². The van der Waals surface area contributed by atoms with Gasteiger partial charge in [0.2, 0.25) is 0 Å². The van der Waals surface area contributed by atoms with Crippen molar-refractivity contribution in [2.45, 2.75) is 25.2 Å².